The van der Waals surface area contributed by atoms with E-state index < -0.39 is 24.5 Å². The molecular weight excluding hydrogens is 397 g/mol. The van der Waals surface area contributed by atoms with Crippen molar-refractivity contribution in [2.45, 2.75) is 38.4 Å². The highest BCUT2D eigenvalue weighted by molar-refractivity contribution is 5.80. The maximum absolute atomic E-state index is 13.1. The molecule has 0 N–H and O–H groups in total. The fourth-order valence-corrected chi connectivity index (χ4v) is 4.02. The number of rotatable bonds is 4. The van der Waals surface area contributed by atoms with Crippen molar-refractivity contribution >= 4 is 11.9 Å². The van der Waals surface area contributed by atoms with Crippen LogP contribution in [0.2, 0.25) is 0 Å². The van der Waals surface area contributed by atoms with E-state index >= 15 is 0 Å². The second-order valence-electron chi connectivity index (χ2n) is 7.86. The van der Waals surface area contributed by atoms with Gasteiger partial charge in [-0.25, -0.2) is 4.79 Å². The number of carbonyl (C=O) groups is 2. The molecule has 2 fully saturated rings. The Labute approximate surface area is 173 Å². The summed E-state index contributed by atoms with van der Waals surface area (Å²) < 4.78 is 39.3. The van der Waals surface area contributed by atoms with E-state index in [1.165, 1.54) is 12.1 Å². The number of carbonyl (C=O) groups excluding carboxylic acids is 2. The number of hydrogen-bond donors (Lipinski definition) is 0. The number of piperidine rings is 1. The van der Waals surface area contributed by atoms with Crippen molar-refractivity contribution in [1.82, 2.24) is 14.7 Å². The Morgan fingerprint density at radius 1 is 1.03 bits per heavy atom. The number of benzene rings is 1. The number of halogens is 3. The van der Waals surface area contributed by atoms with Gasteiger partial charge in [-0.3, -0.25) is 4.79 Å². The number of alkyl halides is 3. The van der Waals surface area contributed by atoms with Gasteiger partial charge in [0.25, 0.3) is 0 Å². The normalized spacial score (nSPS) is 17.7. The lowest BCUT2D eigenvalue weighted by Crippen LogP contribution is -2.49. The van der Waals surface area contributed by atoms with Crippen LogP contribution in [0.1, 0.15) is 36.8 Å². The lowest BCUT2D eigenvalue weighted by Gasteiger charge is -2.36. The van der Waals surface area contributed by atoms with E-state index in [9.17, 15) is 22.8 Å². The molecule has 0 unspecified atom stereocenters. The molecule has 162 valence electrons. The van der Waals surface area contributed by atoms with Crippen LogP contribution in [0, 0.1) is 17.2 Å². The van der Waals surface area contributed by atoms with Crippen molar-refractivity contribution in [3.63, 3.8) is 0 Å². The molecule has 3 amide bonds. The standard InChI is InChI=1S/C21H25F3N4O2/c22-21(23,24)15-28(14-17-5-3-16(13-25)4-6-17)19(29)18-7-11-27(12-8-18)20(30)26-9-1-2-10-26/h3-6,18H,1-2,7-12,14-15H2. The summed E-state index contributed by atoms with van der Waals surface area (Å²) in [7, 11) is 0. The molecular formula is C21H25F3N4O2. The van der Waals surface area contributed by atoms with Gasteiger partial charge in [-0.1, -0.05) is 12.1 Å². The summed E-state index contributed by atoms with van der Waals surface area (Å²) in [5.41, 5.74) is 0.940. The van der Waals surface area contributed by atoms with Crippen molar-refractivity contribution in [1.29, 1.82) is 5.26 Å². The number of likely N-dealkylation sites (tertiary alicyclic amines) is 2. The van der Waals surface area contributed by atoms with Crippen LogP contribution in [0.4, 0.5) is 18.0 Å². The van der Waals surface area contributed by atoms with Crippen LogP contribution in [-0.4, -0.2) is 65.5 Å². The third-order valence-electron chi connectivity index (χ3n) is 5.63. The molecule has 6 nitrogen and oxygen atoms in total. The number of amides is 3. The Balaban J connectivity index is 1.62. The summed E-state index contributed by atoms with van der Waals surface area (Å²) in [6.45, 7) is 0.740. The molecule has 0 spiro atoms. The predicted molar refractivity (Wildman–Crippen MR) is 103 cm³/mol. The smallest absolute Gasteiger partial charge is 0.329 e. The van der Waals surface area contributed by atoms with E-state index in [1.54, 1.807) is 21.9 Å². The molecule has 3 rings (SSSR count). The summed E-state index contributed by atoms with van der Waals surface area (Å²) in [5.74, 6) is -1.07. The predicted octanol–water partition coefficient (Wildman–Crippen LogP) is 3.38. The molecule has 2 heterocycles. The number of hydrogen-bond acceptors (Lipinski definition) is 3. The van der Waals surface area contributed by atoms with Gasteiger partial charge in [-0.05, 0) is 43.4 Å². The highest BCUT2D eigenvalue weighted by atomic mass is 19.4. The van der Waals surface area contributed by atoms with Gasteiger partial charge in [0.2, 0.25) is 5.91 Å². The van der Waals surface area contributed by atoms with Gasteiger partial charge in [-0.2, -0.15) is 18.4 Å². The molecule has 30 heavy (non-hydrogen) atoms. The second kappa shape index (κ2) is 9.37. The lowest BCUT2D eigenvalue weighted by atomic mass is 9.95. The quantitative estimate of drug-likeness (QED) is 0.747. The van der Waals surface area contributed by atoms with Gasteiger partial charge in [0.1, 0.15) is 6.54 Å². The third kappa shape index (κ3) is 5.65. The minimum atomic E-state index is -4.51. The van der Waals surface area contributed by atoms with Crippen molar-refractivity contribution in [3.05, 3.63) is 35.4 Å². The summed E-state index contributed by atoms with van der Waals surface area (Å²) in [5, 5.41) is 8.86. The molecule has 1 aromatic rings. The van der Waals surface area contributed by atoms with E-state index in [1.807, 2.05) is 6.07 Å². The molecule has 9 heteroatoms. The molecule has 0 atom stereocenters. The number of urea groups is 1. The van der Waals surface area contributed by atoms with Crippen molar-refractivity contribution < 1.29 is 22.8 Å². The first-order valence-electron chi connectivity index (χ1n) is 10.2. The van der Waals surface area contributed by atoms with Crippen LogP contribution in [0.5, 0.6) is 0 Å². The first kappa shape index (κ1) is 21.9. The Morgan fingerprint density at radius 3 is 2.13 bits per heavy atom. The maximum atomic E-state index is 13.1. The van der Waals surface area contributed by atoms with Gasteiger partial charge in [0, 0.05) is 38.6 Å². The first-order chi connectivity index (χ1) is 14.3. The van der Waals surface area contributed by atoms with E-state index in [0.29, 0.717) is 37.1 Å². The molecule has 0 radical (unpaired) electrons. The van der Waals surface area contributed by atoms with E-state index in [0.717, 1.165) is 30.8 Å². The van der Waals surface area contributed by atoms with Crippen LogP contribution >= 0.6 is 0 Å². The third-order valence-corrected chi connectivity index (χ3v) is 5.63. The Morgan fingerprint density at radius 2 is 1.60 bits per heavy atom. The SMILES string of the molecule is N#Cc1ccc(CN(CC(F)(F)F)C(=O)C2CCN(C(=O)N3CCCC3)CC2)cc1. The van der Waals surface area contributed by atoms with Gasteiger partial charge in [0.15, 0.2) is 0 Å². The van der Waals surface area contributed by atoms with Crippen LogP contribution in [-0.2, 0) is 11.3 Å². The fraction of sp³-hybridized carbons (Fsp3) is 0.571. The van der Waals surface area contributed by atoms with E-state index in [2.05, 4.69) is 0 Å². The van der Waals surface area contributed by atoms with E-state index in [-0.39, 0.29) is 12.6 Å². The maximum Gasteiger partial charge on any atom is 0.406 e. The summed E-state index contributed by atoms with van der Waals surface area (Å²) in [6.07, 6.45) is -1.81. The molecule has 0 saturated carbocycles. The zero-order chi connectivity index (χ0) is 21.7. The van der Waals surface area contributed by atoms with Crippen LogP contribution < -0.4 is 0 Å². The van der Waals surface area contributed by atoms with Gasteiger partial charge < -0.3 is 14.7 Å². The van der Waals surface area contributed by atoms with Gasteiger partial charge >= 0.3 is 12.2 Å². The molecule has 0 bridgehead atoms. The molecule has 2 aliphatic rings. The highest BCUT2D eigenvalue weighted by Gasteiger charge is 2.37. The Kier molecular flexibility index (Phi) is 6.85. The summed E-state index contributed by atoms with van der Waals surface area (Å²) in [6, 6.07) is 8.09. The topological polar surface area (TPSA) is 67.6 Å². The monoisotopic (exact) mass is 422 g/mol. The number of nitriles is 1. The average molecular weight is 422 g/mol. The Hall–Kier alpha value is -2.76. The Bertz CT molecular complexity index is 790. The molecule has 0 aliphatic carbocycles. The second-order valence-corrected chi connectivity index (χ2v) is 7.86. The molecule has 2 aliphatic heterocycles. The van der Waals surface area contributed by atoms with Crippen molar-refractivity contribution in [2.75, 3.05) is 32.7 Å². The zero-order valence-corrected chi connectivity index (χ0v) is 16.7. The summed E-state index contributed by atoms with van der Waals surface area (Å²) >= 11 is 0. The van der Waals surface area contributed by atoms with Crippen LogP contribution in [0.15, 0.2) is 24.3 Å². The zero-order valence-electron chi connectivity index (χ0n) is 16.7. The van der Waals surface area contributed by atoms with Crippen LogP contribution in [0.25, 0.3) is 0 Å². The lowest BCUT2D eigenvalue weighted by molar-refractivity contribution is -0.165. The van der Waals surface area contributed by atoms with E-state index in [4.69, 9.17) is 5.26 Å². The van der Waals surface area contributed by atoms with Gasteiger partial charge in [0.05, 0.1) is 11.6 Å². The minimum Gasteiger partial charge on any atom is -0.329 e. The number of nitrogens with zero attached hydrogens (tertiary/aromatic N) is 4. The first-order valence-corrected chi connectivity index (χ1v) is 10.2. The highest BCUT2D eigenvalue weighted by Crippen LogP contribution is 2.25. The van der Waals surface area contributed by atoms with Crippen molar-refractivity contribution in [2.24, 2.45) is 5.92 Å². The summed E-state index contributed by atoms with van der Waals surface area (Å²) in [4.78, 5) is 29.7. The van der Waals surface area contributed by atoms with Gasteiger partial charge in [-0.15, -0.1) is 0 Å². The average Bonchev–Trinajstić information content (AvgIpc) is 3.27. The largest absolute Gasteiger partial charge is 0.406 e. The van der Waals surface area contributed by atoms with Crippen LogP contribution in [0.3, 0.4) is 0 Å². The fourth-order valence-electron chi connectivity index (χ4n) is 4.02. The minimum absolute atomic E-state index is 0.0388. The molecule has 2 saturated heterocycles. The molecule has 0 aromatic heterocycles. The van der Waals surface area contributed by atoms with Crippen molar-refractivity contribution in [3.8, 4) is 6.07 Å². The molecule has 1 aromatic carbocycles.